The normalized spacial score (nSPS) is 25.8. The van der Waals surface area contributed by atoms with Crippen LogP contribution < -0.4 is 5.32 Å². The highest BCUT2D eigenvalue weighted by Crippen LogP contribution is 2.30. The third kappa shape index (κ3) is 3.76. The van der Waals surface area contributed by atoms with E-state index in [1.807, 2.05) is 0 Å². The molecule has 1 aliphatic heterocycles. The van der Waals surface area contributed by atoms with Crippen LogP contribution in [0, 0.1) is 5.92 Å². The second-order valence-electron chi connectivity index (χ2n) is 6.34. The average Bonchev–Trinajstić information content (AvgIpc) is 2.98. The van der Waals surface area contributed by atoms with Gasteiger partial charge in [-0.05, 0) is 72.0 Å². The molecule has 0 aromatic rings. The van der Waals surface area contributed by atoms with E-state index in [1.165, 1.54) is 45.3 Å². The number of rotatable bonds is 3. The van der Waals surface area contributed by atoms with Crippen molar-refractivity contribution in [1.29, 1.82) is 0 Å². The van der Waals surface area contributed by atoms with Crippen LogP contribution in [0.4, 0.5) is 0 Å². The minimum absolute atomic E-state index is 0.285. The van der Waals surface area contributed by atoms with E-state index in [9.17, 15) is 0 Å². The van der Waals surface area contributed by atoms with Crippen LogP contribution >= 0.6 is 0 Å². The number of likely N-dealkylation sites (tertiary alicyclic amines) is 1. The van der Waals surface area contributed by atoms with E-state index in [1.54, 1.807) is 0 Å². The van der Waals surface area contributed by atoms with Gasteiger partial charge in [-0.25, -0.2) is 0 Å². The SMILES string of the molecule is CC(C)(C)NCC1CCN(C2CC2)CC1. The van der Waals surface area contributed by atoms with Gasteiger partial charge in [0, 0.05) is 11.6 Å². The lowest BCUT2D eigenvalue weighted by molar-refractivity contribution is 0.169. The van der Waals surface area contributed by atoms with Crippen molar-refractivity contribution in [2.24, 2.45) is 5.92 Å². The van der Waals surface area contributed by atoms with Gasteiger partial charge >= 0.3 is 0 Å². The van der Waals surface area contributed by atoms with Gasteiger partial charge in [0.15, 0.2) is 0 Å². The Kier molecular flexibility index (Phi) is 3.36. The Bertz CT molecular complexity index is 195. The largest absolute Gasteiger partial charge is 0.312 e. The van der Waals surface area contributed by atoms with Crippen molar-refractivity contribution >= 4 is 0 Å². The van der Waals surface area contributed by atoms with E-state index >= 15 is 0 Å². The summed E-state index contributed by atoms with van der Waals surface area (Å²) in [7, 11) is 0. The second-order valence-corrected chi connectivity index (χ2v) is 6.34. The summed E-state index contributed by atoms with van der Waals surface area (Å²) >= 11 is 0. The molecule has 0 radical (unpaired) electrons. The minimum atomic E-state index is 0.285. The fraction of sp³-hybridized carbons (Fsp3) is 1.00. The number of hydrogen-bond donors (Lipinski definition) is 1. The molecule has 0 aromatic carbocycles. The molecule has 2 aliphatic rings. The van der Waals surface area contributed by atoms with Crippen molar-refractivity contribution in [2.45, 2.75) is 58.0 Å². The molecule has 0 spiro atoms. The highest BCUT2D eigenvalue weighted by atomic mass is 15.2. The topological polar surface area (TPSA) is 15.3 Å². The van der Waals surface area contributed by atoms with Crippen LogP contribution in [-0.4, -0.2) is 36.1 Å². The molecule has 2 fully saturated rings. The smallest absolute Gasteiger partial charge is 0.00966 e. The molecule has 0 bridgehead atoms. The lowest BCUT2D eigenvalue weighted by atomic mass is 9.95. The maximum atomic E-state index is 3.63. The van der Waals surface area contributed by atoms with Gasteiger partial charge in [-0.2, -0.15) is 0 Å². The average molecular weight is 210 g/mol. The number of nitrogens with zero attached hydrogens (tertiary/aromatic N) is 1. The predicted molar refractivity (Wildman–Crippen MR) is 65.1 cm³/mol. The van der Waals surface area contributed by atoms with Crippen LogP contribution in [0.25, 0.3) is 0 Å². The van der Waals surface area contributed by atoms with Gasteiger partial charge in [0.1, 0.15) is 0 Å². The Balaban J connectivity index is 1.64. The van der Waals surface area contributed by atoms with E-state index < -0.39 is 0 Å². The zero-order valence-corrected chi connectivity index (χ0v) is 10.6. The van der Waals surface area contributed by atoms with Crippen LogP contribution in [0.5, 0.6) is 0 Å². The van der Waals surface area contributed by atoms with Crippen LogP contribution in [0.2, 0.25) is 0 Å². The molecule has 1 N–H and O–H groups in total. The van der Waals surface area contributed by atoms with Crippen molar-refractivity contribution in [3.63, 3.8) is 0 Å². The first-order chi connectivity index (χ1) is 7.04. The Morgan fingerprint density at radius 3 is 2.13 bits per heavy atom. The summed E-state index contributed by atoms with van der Waals surface area (Å²) in [6, 6.07) is 0.974. The molecule has 2 rings (SSSR count). The molecular formula is C13H26N2. The zero-order valence-electron chi connectivity index (χ0n) is 10.6. The summed E-state index contributed by atoms with van der Waals surface area (Å²) in [5.74, 6) is 0.916. The summed E-state index contributed by atoms with van der Waals surface area (Å²) in [4.78, 5) is 2.70. The molecule has 1 saturated heterocycles. The van der Waals surface area contributed by atoms with Crippen LogP contribution in [-0.2, 0) is 0 Å². The maximum Gasteiger partial charge on any atom is 0.00966 e. The zero-order chi connectivity index (χ0) is 10.9. The Hall–Kier alpha value is -0.0800. The molecule has 2 heteroatoms. The molecule has 0 amide bonds. The standard InChI is InChI=1S/C13H26N2/c1-13(2,3)14-10-11-6-8-15(9-7-11)12-4-5-12/h11-12,14H,4-10H2,1-3H3. The molecular weight excluding hydrogens is 184 g/mol. The molecule has 0 aromatic heterocycles. The van der Waals surface area contributed by atoms with Crippen molar-refractivity contribution in [1.82, 2.24) is 10.2 Å². The Morgan fingerprint density at radius 2 is 1.67 bits per heavy atom. The number of nitrogens with one attached hydrogen (secondary N) is 1. The quantitative estimate of drug-likeness (QED) is 0.768. The van der Waals surface area contributed by atoms with Gasteiger partial charge in [-0.1, -0.05) is 0 Å². The third-order valence-corrected chi connectivity index (χ3v) is 3.63. The van der Waals surface area contributed by atoms with E-state index in [0.717, 1.165) is 12.0 Å². The Labute approximate surface area is 94.4 Å². The monoisotopic (exact) mass is 210 g/mol. The second kappa shape index (κ2) is 4.42. The van der Waals surface area contributed by atoms with Crippen LogP contribution in [0.1, 0.15) is 46.5 Å². The van der Waals surface area contributed by atoms with Crippen molar-refractivity contribution in [2.75, 3.05) is 19.6 Å². The minimum Gasteiger partial charge on any atom is -0.312 e. The first-order valence-electron chi connectivity index (χ1n) is 6.54. The molecule has 2 nitrogen and oxygen atoms in total. The van der Waals surface area contributed by atoms with E-state index in [-0.39, 0.29) is 5.54 Å². The molecule has 0 atom stereocenters. The third-order valence-electron chi connectivity index (χ3n) is 3.63. The molecule has 1 aliphatic carbocycles. The summed E-state index contributed by atoms with van der Waals surface area (Å²) in [5.41, 5.74) is 0.285. The molecule has 1 heterocycles. The Morgan fingerprint density at radius 1 is 1.07 bits per heavy atom. The molecule has 15 heavy (non-hydrogen) atoms. The first-order valence-corrected chi connectivity index (χ1v) is 6.54. The van der Waals surface area contributed by atoms with E-state index in [2.05, 4.69) is 31.0 Å². The highest BCUT2D eigenvalue weighted by Gasteiger charge is 2.31. The summed E-state index contributed by atoms with van der Waals surface area (Å²) in [6.45, 7) is 10.7. The summed E-state index contributed by atoms with van der Waals surface area (Å²) < 4.78 is 0. The maximum absolute atomic E-state index is 3.63. The highest BCUT2D eigenvalue weighted by molar-refractivity contribution is 4.88. The number of hydrogen-bond acceptors (Lipinski definition) is 2. The van der Waals surface area contributed by atoms with E-state index in [0.29, 0.717) is 0 Å². The molecule has 1 saturated carbocycles. The molecule has 0 unspecified atom stereocenters. The number of piperidine rings is 1. The van der Waals surface area contributed by atoms with Gasteiger partial charge in [0.2, 0.25) is 0 Å². The first kappa shape index (κ1) is 11.4. The van der Waals surface area contributed by atoms with E-state index in [4.69, 9.17) is 0 Å². The van der Waals surface area contributed by atoms with Crippen LogP contribution in [0.3, 0.4) is 0 Å². The lowest BCUT2D eigenvalue weighted by Crippen LogP contribution is -2.43. The van der Waals surface area contributed by atoms with Gasteiger partial charge in [-0.15, -0.1) is 0 Å². The summed E-state index contributed by atoms with van der Waals surface area (Å²) in [6.07, 6.45) is 5.73. The van der Waals surface area contributed by atoms with Crippen molar-refractivity contribution in [3.05, 3.63) is 0 Å². The van der Waals surface area contributed by atoms with Gasteiger partial charge in [0.25, 0.3) is 0 Å². The predicted octanol–water partition coefficient (Wildman–Crippen LogP) is 2.25. The van der Waals surface area contributed by atoms with Crippen molar-refractivity contribution in [3.8, 4) is 0 Å². The van der Waals surface area contributed by atoms with Gasteiger partial charge in [0.05, 0.1) is 0 Å². The molecule has 88 valence electrons. The lowest BCUT2D eigenvalue weighted by Gasteiger charge is -2.33. The fourth-order valence-corrected chi connectivity index (χ4v) is 2.41. The van der Waals surface area contributed by atoms with Crippen LogP contribution in [0.15, 0.2) is 0 Å². The van der Waals surface area contributed by atoms with Gasteiger partial charge < -0.3 is 10.2 Å². The van der Waals surface area contributed by atoms with Gasteiger partial charge in [-0.3, -0.25) is 0 Å². The fourth-order valence-electron chi connectivity index (χ4n) is 2.41. The summed E-state index contributed by atoms with van der Waals surface area (Å²) in [5, 5.41) is 3.63. The van der Waals surface area contributed by atoms with Crippen molar-refractivity contribution < 1.29 is 0 Å².